The molecule has 1 aromatic heterocycles. The molecule has 0 spiro atoms. The molecule has 0 amide bonds. The molecule has 1 N–H and O–H groups in total. The normalized spacial score (nSPS) is 18.2. The number of pyridine rings is 1. The summed E-state index contributed by atoms with van der Waals surface area (Å²) in [6.45, 7) is 4.34. The van der Waals surface area contributed by atoms with Crippen LogP contribution in [0.5, 0.6) is 0 Å². The number of hydrogen-bond donors (Lipinski definition) is 1. The molecular weight excluding hydrogens is 292 g/mol. The van der Waals surface area contributed by atoms with Crippen molar-refractivity contribution in [2.75, 3.05) is 53.4 Å². The van der Waals surface area contributed by atoms with Crippen LogP contribution in [0.3, 0.4) is 0 Å². The molecule has 1 saturated heterocycles. The van der Waals surface area contributed by atoms with Gasteiger partial charge in [0.25, 0.3) is 0 Å². The summed E-state index contributed by atoms with van der Waals surface area (Å²) in [7, 11) is 0.542. The van der Waals surface area contributed by atoms with Crippen molar-refractivity contribution >= 4 is 10.0 Å². The monoisotopic (exact) mass is 314 g/mol. The summed E-state index contributed by atoms with van der Waals surface area (Å²) in [4.78, 5) is 17.9. The molecule has 7 nitrogen and oxygen atoms in total. The lowest BCUT2D eigenvalue weighted by Crippen LogP contribution is -2.49. The maximum atomic E-state index is 12.4. The first-order valence-corrected chi connectivity index (χ1v) is 8.39. The highest BCUT2D eigenvalue weighted by atomic mass is 32.2. The summed E-state index contributed by atoms with van der Waals surface area (Å²) >= 11 is 0. The van der Waals surface area contributed by atoms with Crippen molar-refractivity contribution in [2.45, 2.75) is 4.90 Å². The molecule has 1 fully saturated rings. The van der Waals surface area contributed by atoms with Crippen LogP contribution in [0, 0.1) is 0 Å². The number of hydrogen-bond acceptors (Lipinski definition) is 5. The smallest absolute Gasteiger partial charge is 0.247 e. The van der Waals surface area contributed by atoms with E-state index in [0.29, 0.717) is 13.1 Å². The molecule has 8 heteroatoms. The molecule has 2 rings (SSSR count). The third kappa shape index (κ3) is 4.13. The minimum absolute atomic E-state index is 0.142. The van der Waals surface area contributed by atoms with E-state index in [2.05, 4.69) is 14.8 Å². The average Bonchev–Trinajstić information content (AvgIpc) is 2.46. The van der Waals surface area contributed by atoms with Crippen LogP contribution in [0.1, 0.15) is 0 Å². The van der Waals surface area contributed by atoms with Crippen LogP contribution < -0.4 is 5.56 Å². The molecule has 21 heavy (non-hydrogen) atoms. The van der Waals surface area contributed by atoms with Gasteiger partial charge < -0.3 is 9.88 Å². The molecule has 0 atom stereocenters. The van der Waals surface area contributed by atoms with Gasteiger partial charge in [0.05, 0.1) is 4.90 Å². The molecule has 2 heterocycles. The molecule has 0 unspecified atom stereocenters. The predicted octanol–water partition coefficient (Wildman–Crippen LogP) is -0.757. The van der Waals surface area contributed by atoms with Gasteiger partial charge in [-0.25, -0.2) is 8.42 Å². The Balaban J connectivity index is 1.98. The molecule has 0 saturated carbocycles. The number of aromatic amines is 1. The van der Waals surface area contributed by atoms with Crippen LogP contribution in [0.15, 0.2) is 28.0 Å². The first-order valence-electron chi connectivity index (χ1n) is 6.95. The van der Waals surface area contributed by atoms with Gasteiger partial charge in [-0.15, -0.1) is 0 Å². The van der Waals surface area contributed by atoms with Crippen LogP contribution in [0.4, 0.5) is 0 Å². The van der Waals surface area contributed by atoms with E-state index in [4.69, 9.17) is 0 Å². The Bertz CT molecular complexity index is 598. The number of nitrogens with zero attached hydrogens (tertiary/aromatic N) is 3. The topological polar surface area (TPSA) is 76.7 Å². The highest BCUT2D eigenvalue weighted by Gasteiger charge is 2.28. The molecular formula is C13H22N4O3S. The minimum atomic E-state index is -3.51. The number of piperazine rings is 1. The fourth-order valence-corrected chi connectivity index (χ4v) is 3.63. The van der Waals surface area contributed by atoms with Crippen molar-refractivity contribution in [2.24, 2.45) is 0 Å². The van der Waals surface area contributed by atoms with Crippen molar-refractivity contribution in [1.29, 1.82) is 0 Å². The van der Waals surface area contributed by atoms with Gasteiger partial charge in [-0.2, -0.15) is 4.31 Å². The predicted molar refractivity (Wildman–Crippen MR) is 80.8 cm³/mol. The fourth-order valence-electron chi connectivity index (χ4n) is 2.24. The Morgan fingerprint density at radius 1 is 1.19 bits per heavy atom. The van der Waals surface area contributed by atoms with E-state index < -0.39 is 10.0 Å². The fraction of sp³-hybridized carbons (Fsp3) is 0.615. The summed E-state index contributed by atoms with van der Waals surface area (Å²) < 4.78 is 26.4. The number of nitrogens with one attached hydrogen (secondary N) is 1. The van der Waals surface area contributed by atoms with Crippen molar-refractivity contribution in [3.05, 3.63) is 28.7 Å². The third-order valence-electron chi connectivity index (χ3n) is 3.59. The highest BCUT2D eigenvalue weighted by Crippen LogP contribution is 2.15. The van der Waals surface area contributed by atoms with Gasteiger partial charge in [-0.05, 0) is 20.2 Å². The highest BCUT2D eigenvalue weighted by molar-refractivity contribution is 7.89. The molecule has 0 aromatic carbocycles. The van der Waals surface area contributed by atoms with Gasteiger partial charge in [-0.1, -0.05) is 0 Å². The van der Waals surface area contributed by atoms with E-state index in [0.717, 1.165) is 26.2 Å². The van der Waals surface area contributed by atoms with E-state index >= 15 is 0 Å². The lowest BCUT2D eigenvalue weighted by molar-refractivity contribution is 0.174. The molecule has 1 aromatic rings. The van der Waals surface area contributed by atoms with E-state index in [1.807, 2.05) is 14.1 Å². The Kier molecular flexibility index (Phi) is 5.15. The Labute approximate surface area is 125 Å². The van der Waals surface area contributed by atoms with Crippen molar-refractivity contribution < 1.29 is 8.42 Å². The largest absolute Gasteiger partial charge is 0.328 e. The van der Waals surface area contributed by atoms with Gasteiger partial charge in [0.15, 0.2) is 0 Å². The van der Waals surface area contributed by atoms with Gasteiger partial charge in [0.2, 0.25) is 15.6 Å². The first kappa shape index (κ1) is 16.2. The summed E-state index contributed by atoms with van der Waals surface area (Å²) in [6.07, 6.45) is 1.26. The Hall–Kier alpha value is -1.22. The Morgan fingerprint density at radius 3 is 2.38 bits per heavy atom. The third-order valence-corrected chi connectivity index (χ3v) is 5.48. The number of sulfonamides is 1. The second kappa shape index (κ2) is 6.69. The minimum Gasteiger partial charge on any atom is -0.328 e. The van der Waals surface area contributed by atoms with Crippen LogP contribution in [-0.4, -0.2) is 80.9 Å². The van der Waals surface area contributed by atoms with Crippen LogP contribution in [0.25, 0.3) is 0 Å². The van der Waals surface area contributed by atoms with Gasteiger partial charge in [0.1, 0.15) is 0 Å². The summed E-state index contributed by atoms with van der Waals surface area (Å²) in [5, 5.41) is 0. The number of H-pyrrole nitrogens is 1. The second-order valence-electron chi connectivity index (χ2n) is 5.44. The quantitative estimate of drug-likeness (QED) is 0.773. The van der Waals surface area contributed by atoms with Crippen LogP contribution in [-0.2, 0) is 10.0 Å². The maximum Gasteiger partial charge on any atom is 0.247 e. The van der Waals surface area contributed by atoms with Crippen molar-refractivity contribution in [3.8, 4) is 0 Å². The molecule has 0 aliphatic carbocycles. The zero-order valence-electron chi connectivity index (χ0n) is 12.4. The zero-order valence-corrected chi connectivity index (χ0v) is 13.3. The Morgan fingerprint density at radius 2 is 1.86 bits per heavy atom. The second-order valence-corrected chi connectivity index (χ2v) is 7.38. The summed E-state index contributed by atoms with van der Waals surface area (Å²) in [5.74, 6) is 0. The molecule has 118 valence electrons. The maximum absolute atomic E-state index is 12.4. The number of rotatable bonds is 5. The standard InChI is InChI=1S/C13H22N4O3S/c1-15(2)5-6-16-7-9-17(10-8-16)21(19,20)12-3-4-13(18)14-11-12/h3-4,11H,5-10H2,1-2H3,(H,14,18). The zero-order chi connectivity index (χ0) is 15.5. The van der Waals surface area contributed by atoms with E-state index in [-0.39, 0.29) is 10.5 Å². The lowest BCUT2D eigenvalue weighted by atomic mass is 10.3. The van der Waals surface area contributed by atoms with E-state index in [1.165, 1.54) is 22.6 Å². The van der Waals surface area contributed by atoms with Crippen molar-refractivity contribution in [1.82, 2.24) is 19.1 Å². The lowest BCUT2D eigenvalue weighted by Gasteiger charge is -2.34. The van der Waals surface area contributed by atoms with E-state index in [1.54, 1.807) is 0 Å². The number of aromatic nitrogens is 1. The van der Waals surface area contributed by atoms with Crippen LogP contribution >= 0.6 is 0 Å². The molecule has 1 aliphatic rings. The van der Waals surface area contributed by atoms with Gasteiger partial charge >= 0.3 is 0 Å². The van der Waals surface area contributed by atoms with Gasteiger partial charge in [0, 0.05) is 51.5 Å². The first-order chi connectivity index (χ1) is 9.89. The van der Waals surface area contributed by atoms with E-state index in [9.17, 15) is 13.2 Å². The SMILES string of the molecule is CN(C)CCN1CCN(S(=O)(=O)c2ccc(=O)[nH]c2)CC1. The molecule has 0 bridgehead atoms. The van der Waals surface area contributed by atoms with Gasteiger partial charge in [-0.3, -0.25) is 9.69 Å². The number of likely N-dealkylation sites (N-methyl/N-ethyl adjacent to an activating group) is 1. The molecule has 0 radical (unpaired) electrons. The molecule has 1 aliphatic heterocycles. The van der Waals surface area contributed by atoms with Crippen molar-refractivity contribution in [3.63, 3.8) is 0 Å². The summed E-state index contributed by atoms with van der Waals surface area (Å²) in [6, 6.07) is 2.59. The average molecular weight is 314 g/mol. The van der Waals surface area contributed by atoms with Crippen LogP contribution in [0.2, 0.25) is 0 Å². The summed E-state index contributed by atoms with van der Waals surface area (Å²) in [5.41, 5.74) is -0.303.